The fourth-order valence-corrected chi connectivity index (χ4v) is 8.50. The van der Waals surface area contributed by atoms with Crippen LogP contribution in [0.3, 0.4) is 0 Å². The molecule has 2 heterocycles. The second-order valence-corrected chi connectivity index (χ2v) is 14.5. The van der Waals surface area contributed by atoms with Crippen molar-refractivity contribution in [1.82, 2.24) is 15.0 Å². The summed E-state index contributed by atoms with van der Waals surface area (Å²) in [5.74, 6) is 2.69. The van der Waals surface area contributed by atoms with E-state index in [0.29, 0.717) is 23.7 Å². The van der Waals surface area contributed by atoms with Crippen LogP contribution in [-0.2, 0) is 0 Å². The SMILES string of the molecule is C1=CCC(C2C=CC(c3c(-c4ccccc4)nc(-c4ccc(-c5ccc(-c6cccc7cccnc67)cc5)cc4)nc3C3CC=CCC3)CC2)C=C1. The summed E-state index contributed by atoms with van der Waals surface area (Å²) in [6, 6.07) is 38.9. The first-order valence-electron chi connectivity index (χ1n) is 19.0. The maximum Gasteiger partial charge on any atom is 0.160 e. The molecule has 0 amide bonds. The number of benzene rings is 4. The minimum absolute atomic E-state index is 0.305. The molecule has 0 radical (unpaired) electrons. The Labute approximate surface area is 307 Å². The first-order chi connectivity index (χ1) is 25.8. The highest BCUT2D eigenvalue weighted by Crippen LogP contribution is 2.44. The van der Waals surface area contributed by atoms with Crippen LogP contribution in [0, 0.1) is 11.8 Å². The highest BCUT2D eigenvalue weighted by molar-refractivity contribution is 5.93. The molecule has 3 nitrogen and oxygen atoms in total. The number of rotatable bonds is 7. The summed E-state index contributed by atoms with van der Waals surface area (Å²) in [6.45, 7) is 0. The smallest absolute Gasteiger partial charge is 0.160 e. The van der Waals surface area contributed by atoms with Crippen molar-refractivity contribution in [2.45, 2.75) is 50.4 Å². The van der Waals surface area contributed by atoms with Crippen molar-refractivity contribution in [3.05, 3.63) is 175 Å². The number of hydrogen-bond donors (Lipinski definition) is 0. The van der Waals surface area contributed by atoms with Crippen molar-refractivity contribution in [1.29, 1.82) is 0 Å². The number of para-hydroxylation sites is 1. The fraction of sp³-hybridized carbons (Fsp3) is 0.204. The lowest BCUT2D eigenvalue weighted by atomic mass is 9.74. The Morgan fingerprint density at radius 3 is 2.04 bits per heavy atom. The van der Waals surface area contributed by atoms with Crippen molar-refractivity contribution < 1.29 is 0 Å². The largest absolute Gasteiger partial charge is 0.256 e. The minimum atomic E-state index is 0.305. The molecule has 0 saturated heterocycles. The number of allylic oxidation sites excluding steroid dienone is 8. The Kier molecular flexibility index (Phi) is 9.00. The maximum absolute atomic E-state index is 5.50. The average molecular weight is 674 g/mol. The molecule has 3 heteroatoms. The van der Waals surface area contributed by atoms with E-state index in [0.717, 1.165) is 65.7 Å². The lowest BCUT2D eigenvalue weighted by Crippen LogP contribution is -2.19. The molecule has 4 atom stereocenters. The molecule has 52 heavy (non-hydrogen) atoms. The van der Waals surface area contributed by atoms with Crippen LogP contribution in [0.4, 0.5) is 0 Å². The van der Waals surface area contributed by atoms with Crippen LogP contribution in [0.25, 0.3) is 55.8 Å². The first kappa shape index (κ1) is 32.3. The third kappa shape index (κ3) is 6.48. The van der Waals surface area contributed by atoms with Crippen molar-refractivity contribution in [3.8, 4) is 44.9 Å². The normalized spacial score (nSPS) is 21.1. The summed E-state index contributed by atoms with van der Waals surface area (Å²) in [5.41, 5.74) is 11.6. The van der Waals surface area contributed by atoms with Crippen LogP contribution >= 0.6 is 0 Å². The zero-order valence-electron chi connectivity index (χ0n) is 29.5. The van der Waals surface area contributed by atoms with E-state index in [9.17, 15) is 0 Å². The predicted molar refractivity (Wildman–Crippen MR) is 216 cm³/mol. The van der Waals surface area contributed by atoms with Gasteiger partial charge in [-0.1, -0.05) is 152 Å². The zero-order valence-corrected chi connectivity index (χ0v) is 29.5. The molecular weight excluding hydrogens is 631 g/mol. The summed E-state index contributed by atoms with van der Waals surface area (Å²) >= 11 is 0. The lowest BCUT2D eigenvalue weighted by molar-refractivity contribution is 0.406. The number of hydrogen-bond acceptors (Lipinski definition) is 3. The van der Waals surface area contributed by atoms with E-state index >= 15 is 0 Å². The molecule has 4 aromatic carbocycles. The Morgan fingerprint density at radius 1 is 0.519 bits per heavy atom. The van der Waals surface area contributed by atoms with Crippen molar-refractivity contribution in [3.63, 3.8) is 0 Å². The molecule has 4 unspecified atom stereocenters. The van der Waals surface area contributed by atoms with Crippen LogP contribution in [0.15, 0.2) is 164 Å². The number of fused-ring (bicyclic) bond motifs is 1. The molecule has 0 saturated carbocycles. The van der Waals surface area contributed by atoms with Gasteiger partial charge in [-0.3, -0.25) is 4.98 Å². The van der Waals surface area contributed by atoms with Gasteiger partial charge in [0, 0.05) is 45.7 Å². The molecule has 254 valence electrons. The maximum atomic E-state index is 5.50. The summed E-state index contributed by atoms with van der Waals surface area (Å²) < 4.78 is 0. The third-order valence-corrected chi connectivity index (χ3v) is 11.3. The highest BCUT2D eigenvalue weighted by Gasteiger charge is 2.30. The molecule has 6 aromatic rings. The molecule has 0 bridgehead atoms. The van der Waals surface area contributed by atoms with Crippen LogP contribution in [-0.4, -0.2) is 15.0 Å². The first-order valence-corrected chi connectivity index (χ1v) is 19.0. The molecule has 3 aliphatic carbocycles. The van der Waals surface area contributed by atoms with Crippen LogP contribution in [0.1, 0.15) is 61.6 Å². The summed E-state index contributed by atoms with van der Waals surface area (Å²) in [4.78, 5) is 15.6. The van der Waals surface area contributed by atoms with E-state index < -0.39 is 0 Å². The van der Waals surface area contributed by atoms with Gasteiger partial charge in [-0.05, 0) is 73.1 Å². The van der Waals surface area contributed by atoms with Crippen molar-refractivity contribution in [2.24, 2.45) is 11.8 Å². The van der Waals surface area contributed by atoms with Crippen LogP contribution in [0.2, 0.25) is 0 Å². The van der Waals surface area contributed by atoms with Gasteiger partial charge in [0.15, 0.2) is 5.82 Å². The van der Waals surface area contributed by atoms with E-state index in [1.807, 2.05) is 12.3 Å². The van der Waals surface area contributed by atoms with Crippen molar-refractivity contribution in [2.75, 3.05) is 0 Å². The molecular formula is C49H43N3. The van der Waals surface area contributed by atoms with Gasteiger partial charge in [0.05, 0.1) is 16.9 Å². The van der Waals surface area contributed by atoms with Gasteiger partial charge < -0.3 is 0 Å². The molecule has 2 aromatic heterocycles. The number of pyridine rings is 1. The monoisotopic (exact) mass is 673 g/mol. The van der Waals surface area contributed by atoms with E-state index in [4.69, 9.17) is 9.97 Å². The average Bonchev–Trinajstić information content (AvgIpc) is 3.24. The Morgan fingerprint density at radius 2 is 1.31 bits per heavy atom. The van der Waals surface area contributed by atoms with Gasteiger partial charge in [-0.25, -0.2) is 9.97 Å². The lowest BCUT2D eigenvalue weighted by Gasteiger charge is -2.31. The number of nitrogens with zero attached hydrogens (tertiary/aromatic N) is 3. The molecule has 0 aliphatic heterocycles. The standard InChI is InChI=1S/C49H43N3/c1-4-12-34(13-5-1)35-23-29-39(30-24-35)45-47(41-14-6-2-7-15-41)51-49(52-48(45)42-16-8-3-9-17-42)43-31-25-37(26-32-43)36-21-27-38(28-22-36)44-20-10-18-40-19-11-33-50-46(40)44/h1-8,10-12,14-15,18-23,25-29,31-35,39,42H,9,13,16-17,24,30H2. The van der Waals surface area contributed by atoms with E-state index in [1.165, 1.54) is 39.9 Å². The third-order valence-electron chi connectivity index (χ3n) is 11.3. The quantitative estimate of drug-likeness (QED) is 0.158. The van der Waals surface area contributed by atoms with Gasteiger partial charge in [-0.15, -0.1) is 0 Å². The highest BCUT2D eigenvalue weighted by atomic mass is 14.9. The minimum Gasteiger partial charge on any atom is -0.256 e. The van der Waals surface area contributed by atoms with Gasteiger partial charge in [0.2, 0.25) is 0 Å². The van der Waals surface area contributed by atoms with Crippen LogP contribution < -0.4 is 0 Å². The predicted octanol–water partition coefficient (Wildman–Crippen LogP) is 12.7. The topological polar surface area (TPSA) is 38.7 Å². The molecule has 0 fully saturated rings. The Bertz CT molecular complexity index is 2310. The Balaban J connectivity index is 1.07. The van der Waals surface area contributed by atoms with Gasteiger partial charge >= 0.3 is 0 Å². The molecule has 3 aliphatic rings. The summed E-state index contributed by atoms with van der Waals surface area (Å²) in [5, 5.41) is 1.16. The van der Waals surface area contributed by atoms with E-state index in [2.05, 4.69) is 157 Å². The zero-order chi connectivity index (χ0) is 34.7. The van der Waals surface area contributed by atoms with Crippen LogP contribution in [0.5, 0.6) is 0 Å². The van der Waals surface area contributed by atoms with Crippen molar-refractivity contribution >= 4 is 10.9 Å². The molecule has 9 rings (SSSR count). The fourth-order valence-electron chi connectivity index (χ4n) is 8.50. The second-order valence-electron chi connectivity index (χ2n) is 14.5. The number of aromatic nitrogens is 3. The molecule has 0 spiro atoms. The molecule has 0 N–H and O–H groups in total. The Hall–Kier alpha value is -5.67. The van der Waals surface area contributed by atoms with E-state index in [1.54, 1.807) is 0 Å². The summed E-state index contributed by atoms with van der Waals surface area (Å²) in [6.07, 6.45) is 27.3. The summed E-state index contributed by atoms with van der Waals surface area (Å²) in [7, 11) is 0. The van der Waals surface area contributed by atoms with Gasteiger partial charge in [0.1, 0.15) is 0 Å². The second kappa shape index (κ2) is 14.5. The van der Waals surface area contributed by atoms with Gasteiger partial charge in [0.25, 0.3) is 0 Å². The van der Waals surface area contributed by atoms with Gasteiger partial charge in [-0.2, -0.15) is 0 Å². The van der Waals surface area contributed by atoms with E-state index in [-0.39, 0.29) is 0 Å².